The number of halogens is 4. The van der Waals surface area contributed by atoms with Crippen molar-refractivity contribution in [2.45, 2.75) is 25.3 Å². The van der Waals surface area contributed by atoms with Crippen molar-refractivity contribution < 1.29 is 10.2 Å². The van der Waals surface area contributed by atoms with Gasteiger partial charge in [-0.25, -0.2) is 0 Å². The van der Waals surface area contributed by atoms with Crippen LogP contribution in [0, 0.1) is 0 Å². The molecule has 6 nitrogen and oxygen atoms in total. The summed E-state index contributed by atoms with van der Waals surface area (Å²) in [5.41, 5.74) is 4.31. The molecule has 0 amide bonds. The van der Waals surface area contributed by atoms with Crippen LogP contribution in [0.2, 0.25) is 10.0 Å². The van der Waals surface area contributed by atoms with E-state index in [-0.39, 0.29) is 0 Å². The molecule has 44 heavy (non-hydrogen) atoms. The number of piperazine rings is 1. The zero-order chi connectivity index (χ0) is 30.5. The molecule has 1 fully saturated rings. The van der Waals surface area contributed by atoms with Crippen LogP contribution in [0.25, 0.3) is 43.6 Å². The standard InChI is InChI=1S/C34H32Br2Cl2N4O2/c35-21-1-5-31-27(13-21)28-14-22(36)2-6-32(28)41(31)19-25(43)17-39-9-11-40(12-10-39)18-26(44)20-42-33-7-3-23(37)15-29(33)30-16-24(38)4-8-34(30)42/h1-8,13-16,25-26,43-44H,9-12,17-20H2. The van der Waals surface area contributed by atoms with E-state index in [1.165, 1.54) is 10.8 Å². The van der Waals surface area contributed by atoms with Gasteiger partial charge in [0.25, 0.3) is 0 Å². The molecule has 1 aliphatic rings. The fourth-order valence-corrected chi connectivity index (χ4v) is 7.84. The SMILES string of the molecule is OC(CN1CCN(CC(O)Cn2c3ccc(Br)cc3c3cc(Br)ccc32)CC1)Cn1c2ccc(Cl)cc2c2cc(Cl)ccc21. The highest BCUT2D eigenvalue weighted by molar-refractivity contribution is 9.10. The highest BCUT2D eigenvalue weighted by atomic mass is 79.9. The van der Waals surface area contributed by atoms with Crippen LogP contribution in [-0.2, 0) is 13.1 Å². The average molecular weight is 759 g/mol. The van der Waals surface area contributed by atoms with E-state index in [9.17, 15) is 10.2 Å². The van der Waals surface area contributed by atoms with Gasteiger partial charge in [-0.15, -0.1) is 0 Å². The minimum Gasteiger partial charge on any atom is -0.390 e. The molecule has 0 radical (unpaired) electrons. The van der Waals surface area contributed by atoms with Gasteiger partial charge in [0.2, 0.25) is 0 Å². The van der Waals surface area contributed by atoms with Crippen molar-refractivity contribution in [1.82, 2.24) is 18.9 Å². The third-order valence-electron chi connectivity index (χ3n) is 8.77. The van der Waals surface area contributed by atoms with Crippen LogP contribution in [-0.4, -0.2) is 80.6 Å². The van der Waals surface area contributed by atoms with Crippen molar-refractivity contribution in [1.29, 1.82) is 0 Å². The van der Waals surface area contributed by atoms with Gasteiger partial charge in [-0.2, -0.15) is 0 Å². The van der Waals surface area contributed by atoms with Gasteiger partial charge >= 0.3 is 0 Å². The maximum absolute atomic E-state index is 11.2. The number of β-amino-alcohol motifs (C(OH)–C–C–N with tert-alkyl or cyclic N) is 2. The Morgan fingerprint density at radius 1 is 0.523 bits per heavy atom. The van der Waals surface area contributed by atoms with E-state index in [0.29, 0.717) is 36.2 Å². The molecule has 0 spiro atoms. The first-order valence-corrected chi connectivity index (χ1v) is 17.1. The Kier molecular flexibility index (Phi) is 8.72. The summed E-state index contributed by atoms with van der Waals surface area (Å²) in [6.07, 6.45) is -1.04. The average Bonchev–Trinajstić information content (AvgIpc) is 3.44. The number of rotatable bonds is 8. The van der Waals surface area contributed by atoms with Gasteiger partial charge < -0.3 is 19.3 Å². The zero-order valence-corrected chi connectivity index (χ0v) is 28.6. The summed E-state index contributed by atoms with van der Waals surface area (Å²) in [6.45, 7) is 5.60. The number of aliphatic hydroxyl groups is 2. The predicted molar refractivity (Wildman–Crippen MR) is 189 cm³/mol. The Bertz CT molecular complexity index is 1740. The minimum atomic E-state index is -0.535. The van der Waals surface area contributed by atoms with E-state index in [0.717, 1.165) is 68.0 Å². The molecular weight excluding hydrogens is 727 g/mol. The van der Waals surface area contributed by atoms with Gasteiger partial charge in [-0.05, 0) is 72.8 Å². The Hall–Kier alpha value is -2.14. The second-order valence-corrected chi connectivity index (χ2v) is 14.5. The topological polar surface area (TPSA) is 56.8 Å². The van der Waals surface area contributed by atoms with Crippen LogP contribution in [0.5, 0.6) is 0 Å². The quantitative estimate of drug-likeness (QED) is 0.167. The van der Waals surface area contributed by atoms with Crippen LogP contribution < -0.4 is 0 Å². The summed E-state index contributed by atoms with van der Waals surface area (Å²) in [5.74, 6) is 0. The molecule has 1 aliphatic heterocycles. The summed E-state index contributed by atoms with van der Waals surface area (Å²) < 4.78 is 6.48. The molecule has 2 atom stereocenters. The van der Waals surface area contributed by atoms with Gasteiger partial charge in [0.1, 0.15) is 0 Å². The van der Waals surface area contributed by atoms with Crippen LogP contribution >= 0.6 is 55.1 Å². The lowest BCUT2D eigenvalue weighted by Gasteiger charge is -2.36. The highest BCUT2D eigenvalue weighted by Gasteiger charge is 2.23. The molecule has 2 aromatic heterocycles. The fourth-order valence-electron chi connectivity index (χ4n) is 6.78. The van der Waals surface area contributed by atoms with E-state index in [4.69, 9.17) is 23.2 Å². The lowest BCUT2D eigenvalue weighted by atomic mass is 10.1. The summed E-state index contributed by atoms with van der Waals surface area (Å²) in [4.78, 5) is 4.65. The Morgan fingerprint density at radius 2 is 0.864 bits per heavy atom. The van der Waals surface area contributed by atoms with Crippen LogP contribution in [0.4, 0.5) is 0 Å². The van der Waals surface area contributed by atoms with Crippen molar-refractivity contribution in [3.8, 4) is 0 Å². The van der Waals surface area contributed by atoms with Crippen molar-refractivity contribution in [2.24, 2.45) is 0 Å². The predicted octanol–water partition coefficient (Wildman–Crippen LogP) is 7.77. The normalized spacial score (nSPS) is 16.5. The fraction of sp³-hybridized carbons (Fsp3) is 0.294. The summed E-state index contributed by atoms with van der Waals surface area (Å²) >= 11 is 19.9. The van der Waals surface area contributed by atoms with Gasteiger partial charge in [-0.3, -0.25) is 9.80 Å². The van der Waals surface area contributed by atoms with Gasteiger partial charge in [0, 0.05) is 102 Å². The first-order valence-electron chi connectivity index (χ1n) is 14.8. The number of nitrogens with zero attached hydrogens (tertiary/aromatic N) is 4. The molecule has 0 aliphatic carbocycles. The van der Waals surface area contributed by atoms with E-state index in [1.54, 1.807) is 0 Å². The number of hydrogen-bond donors (Lipinski definition) is 2. The second-order valence-electron chi connectivity index (χ2n) is 11.8. The van der Waals surface area contributed by atoms with Gasteiger partial charge in [0.15, 0.2) is 0 Å². The van der Waals surface area contributed by atoms with Gasteiger partial charge in [-0.1, -0.05) is 55.1 Å². The number of aromatic nitrogens is 2. The lowest BCUT2D eigenvalue weighted by Crippen LogP contribution is -2.50. The monoisotopic (exact) mass is 756 g/mol. The maximum atomic E-state index is 11.2. The van der Waals surface area contributed by atoms with E-state index in [1.807, 2.05) is 36.4 Å². The molecule has 228 valence electrons. The first kappa shape index (κ1) is 30.5. The van der Waals surface area contributed by atoms with Crippen molar-refractivity contribution >= 4 is 98.7 Å². The van der Waals surface area contributed by atoms with Crippen molar-refractivity contribution in [3.63, 3.8) is 0 Å². The minimum absolute atomic E-state index is 0.480. The molecule has 0 bridgehead atoms. The summed E-state index contributed by atoms with van der Waals surface area (Å²) in [7, 11) is 0. The zero-order valence-electron chi connectivity index (χ0n) is 23.9. The highest BCUT2D eigenvalue weighted by Crippen LogP contribution is 2.34. The van der Waals surface area contributed by atoms with Gasteiger partial charge in [0.05, 0.1) is 25.3 Å². The smallest absolute Gasteiger partial charge is 0.0845 e. The third-order valence-corrected chi connectivity index (χ3v) is 10.2. The third kappa shape index (κ3) is 6.04. The molecule has 7 rings (SSSR count). The molecule has 2 unspecified atom stereocenters. The van der Waals surface area contributed by atoms with Crippen LogP contribution in [0.15, 0.2) is 81.7 Å². The molecule has 4 aromatic carbocycles. The molecule has 1 saturated heterocycles. The number of hydrogen-bond acceptors (Lipinski definition) is 4. The molecule has 0 saturated carbocycles. The largest absolute Gasteiger partial charge is 0.390 e. The molecular formula is C34H32Br2Cl2N4O2. The van der Waals surface area contributed by atoms with Crippen LogP contribution in [0.3, 0.4) is 0 Å². The Balaban J connectivity index is 0.983. The second kappa shape index (κ2) is 12.6. The number of benzene rings is 4. The number of fused-ring (bicyclic) bond motifs is 6. The van der Waals surface area contributed by atoms with E-state index in [2.05, 4.69) is 87.2 Å². The Labute approximate surface area is 282 Å². The molecule has 2 N–H and O–H groups in total. The first-order chi connectivity index (χ1) is 21.2. The molecule has 10 heteroatoms. The maximum Gasteiger partial charge on any atom is 0.0845 e. The summed E-state index contributed by atoms with van der Waals surface area (Å²) in [6, 6.07) is 24.4. The van der Waals surface area contributed by atoms with E-state index < -0.39 is 12.2 Å². The summed E-state index contributed by atoms with van der Waals surface area (Å²) in [5, 5.41) is 28.2. The lowest BCUT2D eigenvalue weighted by molar-refractivity contribution is 0.0415. The molecule has 6 aromatic rings. The van der Waals surface area contributed by atoms with E-state index >= 15 is 0 Å². The van der Waals surface area contributed by atoms with Crippen molar-refractivity contribution in [3.05, 3.63) is 91.8 Å². The number of aliphatic hydroxyl groups excluding tert-OH is 2. The van der Waals surface area contributed by atoms with Crippen LogP contribution in [0.1, 0.15) is 0 Å². The molecule has 3 heterocycles. The van der Waals surface area contributed by atoms with Crippen molar-refractivity contribution in [2.75, 3.05) is 39.3 Å². The Morgan fingerprint density at radius 3 is 1.25 bits per heavy atom.